The van der Waals surface area contributed by atoms with Crippen molar-refractivity contribution in [1.82, 2.24) is 20.9 Å². The standard InChI is InChI=1S/C17H20F3N5OS.HI/c1-21-16(23-8-7-14-25-13(11-27-14)17(18,19)20)24-10-9-22-15(26)12-5-3-2-4-6-12;/h2-6,11H,7-10H2,1H3,(H,22,26)(H2,21,23,24);1H. The van der Waals surface area contributed by atoms with Crippen LogP contribution in [0.1, 0.15) is 21.1 Å². The van der Waals surface area contributed by atoms with Crippen molar-refractivity contribution in [3.05, 3.63) is 52.0 Å². The van der Waals surface area contributed by atoms with Crippen LogP contribution in [0.3, 0.4) is 0 Å². The molecular weight excluding hydrogens is 506 g/mol. The van der Waals surface area contributed by atoms with Gasteiger partial charge in [0.15, 0.2) is 11.7 Å². The number of nitrogens with one attached hydrogen (secondary N) is 3. The monoisotopic (exact) mass is 527 g/mol. The molecule has 0 aliphatic carbocycles. The zero-order valence-corrected chi connectivity index (χ0v) is 18.2. The Hall–Kier alpha value is -1.89. The first-order valence-electron chi connectivity index (χ1n) is 8.19. The second-order valence-corrected chi connectivity index (χ2v) is 6.36. The van der Waals surface area contributed by atoms with E-state index in [4.69, 9.17) is 0 Å². The largest absolute Gasteiger partial charge is 0.434 e. The lowest BCUT2D eigenvalue weighted by Crippen LogP contribution is -2.42. The third-order valence-electron chi connectivity index (χ3n) is 3.44. The van der Waals surface area contributed by atoms with Gasteiger partial charge in [-0.1, -0.05) is 18.2 Å². The summed E-state index contributed by atoms with van der Waals surface area (Å²) in [5.74, 6) is 0.334. The number of guanidine groups is 1. The van der Waals surface area contributed by atoms with Gasteiger partial charge in [-0.2, -0.15) is 13.2 Å². The van der Waals surface area contributed by atoms with Crippen LogP contribution in [0.25, 0.3) is 0 Å². The van der Waals surface area contributed by atoms with Gasteiger partial charge in [-0.3, -0.25) is 9.79 Å². The summed E-state index contributed by atoms with van der Waals surface area (Å²) in [6, 6.07) is 8.87. The molecule has 2 aromatic rings. The number of halogens is 4. The van der Waals surface area contributed by atoms with Gasteiger partial charge in [0.2, 0.25) is 0 Å². The maximum atomic E-state index is 12.5. The van der Waals surface area contributed by atoms with Gasteiger partial charge in [0.05, 0.1) is 5.01 Å². The molecule has 0 unspecified atom stereocenters. The van der Waals surface area contributed by atoms with E-state index in [1.165, 1.54) is 0 Å². The quantitative estimate of drug-likeness (QED) is 0.224. The maximum Gasteiger partial charge on any atom is 0.434 e. The van der Waals surface area contributed by atoms with E-state index in [9.17, 15) is 18.0 Å². The highest BCUT2D eigenvalue weighted by molar-refractivity contribution is 14.0. The lowest BCUT2D eigenvalue weighted by atomic mass is 10.2. The Balaban J connectivity index is 0.00000392. The summed E-state index contributed by atoms with van der Waals surface area (Å²) in [6.45, 7) is 1.24. The van der Waals surface area contributed by atoms with Gasteiger partial charge >= 0.3 is 6.18 Å². The van der Waals surface area contributed by atoms with Gasteiger partial charge in [-0.25, -0.2) is 4.98 Å². The van der Waals surface area contributed by atoms with Crippen molar-refractivity contribution in [3.63, 3.8) is 0 Å². The molecule has 1 amide bonds. The Morgan fingerprint density at radius 2 is 1.75 bits per heavy atom. The lowest BCUT2D eigenvalue weighted by molar-refractivity contribution is -0.140. The van der Waals surface area contributed by atoms with Crippen LogP contribution in [0.15, 0.2) is 40.7 Å². The maximum absolute atomic E-state index is 12.5. The Bertz CT molecular complexity index is 768. The number of alkyl halides is 3. The Labute approximate surface area is 182 Å². The Morgan fingerprint density at radius 3 is 2.36 bits per heavy atom. The molecule has 0 saturated carbocycles. The van der Waals surface area contributed by atoms with Crippen LogP contribution in [0.2, 0.25) is 0 Å². The normalized spacial score (nSPS) is 11.5. The first-order chi connectivity index (χ1) is 12.9. The summed E-state index contributed by atoms with van der Waals surface area (Å²) in [7, 11) is 1.59. The average Bonchev–Trinajstić information content (AvgIpc) is 3.13. The first-order valence-corrected chi connectivity index (χ1v) is 9.07. The van der Waals surface area contributed by atoms with Crippen molar-refractivity contribution in [3.8, 4) is 0 Å². The molecule has 6 nitrogen and oxygen atoms in total. The van der Waals surface area contributed by atoms with Crippen LogP contribution in [0.4, 0.5) is 13.2 Å². The van der Waals surface area contributed by atoms with Gasteiger partial charge < -0.3 is 16.0 Å². The lowest BCUT2D eigenvalue weighted by Gasteiger charge is -2.12. The second-order valence-electron chi connectivity index (χ2n) is 5.42. The smallest absolute Gasteiger partial charge is 0.356 e. The topological polar surface area (TPSA) is 78.4 Å². The van der Waals surface area contributed by atoms with E-state index in [0.717, 1.165) is 16.7 Å². The first kappa shape index (κ1) is 24.1. The SMILES string of the molecule is CN=C(NCCNC(=O)c1ccccc1)NCCc1nc(C(F)(F)F)cs1.I. The van der Waals surface area contributed by atoms with Gasteiger partial charge in [0.1, 0.15) is 0 Å². The van der Waals surface area contributed by atoms with Crippen LogP contribution in [0.5, 0.6) is 0 Å². The van der Waals surface area contributed by atoms with Crippen LogP contribution < -0.4 is 16.0 Å². The summed E-state index contributed by atoms with van der Waals surface area (Å²) >= 11 is 0.979. The molecule has 0 saturated heterocycles. The van der Waals surface area contributed by atoms with E-state index < -0.39 is 11.9 Å². The van der Waals surface area contributed by atoms with Crippen molar-refractivity contribution in [2.45, 2.75) is 12.6 Å². The number of rotatable bonds is 7. The highest BCUT2D eigenvalue weighted by Crippen LogP contribution is 2.29. The highest BCUT2D eigenvalue weighted by Gasteiger charge is 2.33. The Morgan fingerprint density at radius 1 is 1.11 bits per heavy atom. The number of carbonyl (C=O) groups excluding carboxylic acids is 1. The fraction of sp³-hybridized carbons (Fsp3) is 0.353. The number of nitrogens with zero attached hydrogens (tertiary/aromatic N) is 2. The van der Waals surface area contributed by atoms with Gasteiger partial charge in [0, 0.05) is 44.0 Å². The molecule has 1 heterocycles. The van der Waals surface area contributed by atoms with Crippen molar-refractivity contribution < 1.29 is 18.0 Å². The minimum Gasteiger partial charge on any atom is -0.356 e. The molecule has 11 heteroatoms. The van der Waals surface area contributed by atoms with Crippen LogP contribution in [0, 0.1) is 0 Å². The molecule has 28 heavy (non-hydrogen) atoms. The molecule has 2 rings (SSSR count). The molecule has 0 radical (unpaired) electrons. The fourth-order valence-electron chi connectivity index (χ4n) is 2.11. The predicted molar refractivity (Wildman–Crippen MR) is 114 cm³/mol. The Kier molecular flexibility index (Phi) is 10.2. The molecule has 0 fully saturated rings. The molecule has 0 aliphatic heterocycles. The van der Waals surface area contributed by atoms with Crippen molar-refractivity contribution >= 4 is 47.2 Å². The van der Waals surface area contributed by atoms with E-state index in [2.05, 4.69) is 25.9 Å². The van der Waals surface area contributed by atoms with E-state index >= 15 is 0 Å². The molecule has 3 N–H and O–H groups in total. The number of carbonyl (C=O) groups is 1. The predicted octanol–water partition coefficient (Wildman–Crippen LogP) is 2.92. The summed E-state index contributed by atoms with van der Waals surface area (Å²) in [4.78, 5) is 19.5. The number of hydrogen-bond donors (Lipinski definition) is 3. The van der Waals surface area contributed by atoms with E-state index in [1.54, 1.807) is 31.3 Å². The molecule has 0 aliphatic rings. The van der Waals surface area contributed by atoms with Crippen molar-refractivity contribution in [1.29, 1.82) is 0 Å². The zero-order chi connectivity index (χ0) is 19.7. The van der Waals surface area contributed by atoms with E-state index in [0.29, 0.717) is 42.6 Å². The van der Waals surface area contributed by atoms with Gasteiger partial charge in [-0.15, -0.1) is 35.3 Å². The van der Waals surface area contributed by atoms with Crippen LogP contribution in [-0.4, -0.2) is 43.5 Å². The molecule has 0 spiro atoms. The van der Waals surface area contributed by atoms with Crippen molar-refractivity contribution in [2.24, 2.45) is 4.99 Å². The van der Waals surface area contributed by atoms with Crippen LogP contribution >= 0.6 is 35.3 Å². The molecule has 154 valence electrons. The number of amides is 1. The van der Waals surface area contributed by atoms with E-state index in [1.807, 2.05) is 6.07 Å². The minimum atomic E-state index is -4.41. The fourth-order valence-corrected chi connectivity index (χ4v) is 2.92. The van der Waals surface area contributed by atoms with Crippen molar-refractivity contribution in [2.75, 3.05) is 26.7 Å². The van der Waals surface area contributed by atoms with Gasteiger partial charge in [-0.05, 0) is 12.1 Å². The van der Waals surface area contributed by atoms with E-state index in [-0.39, 0.29) is 29.9 Å². The van der Waals surface area contributed by atoms with Gasteiger partial charge in [0.25, 0.3) is 5.91 Å². The molecule has 1 aromatic carbocycles. The number of aromatic nitrogens is 1. The number of hydrogen-bond acceptors (Lipinski definition) is 4. The van der Waals surface area contributed by atoms with Crippen LogP contribution in [-0.2, 0) is 12.6 Å². The summed E-state index contributed by atoms with van der Waals surface area (Å²) in [5, 5.41) is 10.2. The second kappa shape index (κ2) is 11.8. The average molecular weight is 527 g/mol. The highest BCUT2D eigenvalue weighted by atomic mass is 127. The molecular formula is C17H21F3IN5OS. The number of benzene rings is 1. The summed E-state index contributed by atoms with van der Waals surface area (Å²) < 4.78 is 37.5. The third-order valence-corrected chi connectivity index (χ3v) is 4.34. The zero-order valence-electron chi connectivity index (χ0n) is 15.0. The molecule has 1 aromatic heterocycles. The summed E-state index contributed by atoms with van der Waals surface area (Å²) in [5.41, 5.74) is -0.277. The minimum absolute atomic E-state index is 0. The molecule has 0 atom stereocenters. The number of aliphatic imine (C=N–C) groups is 1. The number of thiazole rings is 1. The molecule has 0 bridgehead atoms. The third kappa shape index (κ3) is 8.00. The summed E-state index contributed by atoms with van der Waals surface area (Å²) in [6.07, 6.45) is -4.06.